The molecule has 2 heteroatoms. The van der Waals surface area contributed by atoms with Gasteiger partial charge in [0.15, 0.2) is 0 Å². The molecule has 1 N–H and O–H groups in total. The molecule has 0 spiro atoms. The lowest BCUT2D eigenvalue weighted by Crippen LogP contribution is -2.17. The molecule has 1 rings (SSSR count). The van der Waals surface area contributed by atoms with Gasteiger partial charge in [0.05, 0.1) is 0 Å². The molecular weight excluding hydrogens is 144 g/mol. The molecule has 1 aliphatic rings. The van der Waals surface area contributed by atoms with Crippen molar-refractivity contribution in [2.24, 2.45) is 5.41 Å². The van der Waals surface area contributed by atoms with Crippen molar-refractivity contribution in [2.45, 2.75) is 31.9 Å². The van der Waals surface area contributed by atoms with Crippen LogP contribution in [0.4, 0.5) is 0 Å². The van der Waals surface area contributed by atoms with Gasteiger partial charge in [0.2, 0.25) is 0 Å². The van der Waals surface area contributed by atoms with Crippen LogP contribution >= 0.6 is 11.8 Å². The van der Waals surface area contributed by atoms with E-state index >= 15 is 0 Å². The Morgan fingerprint density at radius 1 is 1.70 bits per heavy atom. The minimum Gasteiger partial charge on any atom is -0.396 e. The third-order valence-corrected chi connectivity index (χ3v) is 3.81. The van der Waals surface area contributed by atoms with Crippen LogP contribution < -0.4 is 0 Å². The van der Waals surface area contributed by atoms with Gasteiger partial charge in [0.25, 0.3) is 0 Å². The molecule has 1 nitrogen and oxygen atoms in total. The lowest BCUT2D eigenvalue weighted by Gasteiger charge is -2.20. The summed E-state index contributed by atoms with van der Waals surface area (Å²) >= 11 is 2.03. The summed E-state index contributed by atoms with van der Waals surface area (Å²) < 4.78 is 0. The molecule has 0 radical (unpaired) electrons. The third kappa shape index (κ3) is 1.89. The van der Waals surface area contributed by atoms with Gasteiger partial charge >= 0.3 is 0 Å². The Hall–Kier alpha value is 0.310. The van der Waals surface area contributed by atoms with E-state index in [4.69, 9.17) is 5.11 Å². The van der Waals surface area contributed by atoms with E-state index in [-0.39, 0.29) is 0 Å². The van der Waals surface area contributed by atoms with Gasteiger partial charge in [-0.15, -0.1) is 0 Å². The van der Waals surface area contributed by atoms with Crippen LogP contribution in [0.25, 0.3) is 0 Å². The summed E-state index contributed by atoms with van der Waals surface area (Å²) in [6.07, 6.45) is 2.25. The van der Waals surface area contributed by atoms with E-state index in [1.807, 2.05) is 11.8 Å². The Morgan fingerprint density at radius 2 is 2.40 bits per heavy atom. The summed E-state index contributed by atoms with van der Waals surface area (Å²) in [5.41, 5.74) is 0.429. The van der Waals surface area contributed by atoms with Crippen LogP contribution in [0, 0.1) is 5.41 Å². The van der Waals surface area contributed by atoms with Crippen LogP contribution in [-0.4, -0.2) is 22.7 Å². The molecule has 0 bridgehead atoms. The SMILES string of the molecule is CC1CC(C)(CCO)CS1. The maximum atomic E-state index is 8.77. The van der Waals surface area contributed by atoms with Crippen LogP contribution in [0.3, 0.4) is 0 Å². The first kappa shape index (κ1) is 8.41. The number of rotatable bonds is 2. The Labute approximate surface area is 67.2 Å². The van der Waals surface area contributed by atoms with E-state index in [1.165, 1.54) is 12.2 Å². The summed E-state index contributed by atoms with van der Waals surface area (Å²) in [5, 5.41) is 9.57. The van der Waals surface area contributed by atoms with Gasteiger partial charge < -0.3 is 5.11 Å². The molecule has 10 heavy (non-hydrogen) atoms. The van der Waals surface area contributed by atoms with Gasteiger partial charge in [-0.05, 0) is 24.0 Å². The van der Waals surface area contributed by atoms with Crippen molar-refractivity contribution < 1.29 is 5.11 Å². The quantitative estimate of drug-likeness (QED) is 0.666. The minimum atomic E-state index is 0.351. The van der Waals surface area contributed by atoms with E-state index in [0.717, 1.165) is 11.7 Å². The first-order chi connectivity index (χ1) is 4.66. The van der Waals surface area contributed by atoms with Crippen LogP contribution in [0.2, 0.25) is 0 Å². The topological polar surface area (TPSA) is 20.2 Å². The van der Waals surface area contributed by atoms with Crippen LogP contribution in [0.1, 0.15) is 26.7 Å². The summed E-state index contributed by atoms with van der Waals surface area (Å²) in [4.78, 5) is 0. The molecule has 2 unspecified atom stereocenters. The van der Waals surface area contributed by atoms with Gasteiger partial charge in [0, 0.05) is 11.9 Å². The maximum Gasteiger partial charge on any atom is 0.0436 e. The van der Waals surface area contributed by atoms with Crippen LogP contribution in [-0.2, 0) is 0 Å². The highest BCUT2D eigenvalue weighted by atomic mass is 32.2. The Bertz CT molecular complexity index is 112. The third-order valence-electron chi connectivity index (χ3n) is 2.21. The molecule has 0 aromatic carbocycles. The van der Waals surface area contributed by atoms with Crippen molar-refractivity contribution in [1.82, 2.24) is 0 Å². The lowest BCUT2D eigenvalue weighted by atomic mass is 9.85. The van der Waals surface area contributed by atoms with Crippen molar-refractivity contribution in [3.8, 4) is 0 Å². The zero-order chi connectivity index (χ0) is 7.61. The van der Waals surface area contributed by atoms with Gasteiger partial charge in [0.1, 0.15) is 0 Å². The number of aliphatic hydroxyl groups excluding tert-OH is 1. The standard InChI is InChI=1S/C8H16OS/c1-7-5-8(2,3-4-9)6-10-7/h7,9H,3-6H2,1-2H3. The van der Waals surface area contributed by atoms with E-state index in [9.17, 15) is 0 Å². The zero-order valence-electron chi connectivity index (χ0n) is 6.76. The molecule has 0 amide bonds. The van der Waals surface area contributed by atoms with Crippen molar-refractivity contribution in [1.29, 1.82) is 0 Å². The van der Waals surface area contributed by atoms with E-state index in [0.29, 0.717) is 12.0 Å². The molecule has 0 aromatic rings. The maximum absolute atomic E-state index is 8.77. The number of hydrogen-bond acceptors (Lipinski definition) is 2. The van der Waals surface area contributed by atoms with Crippen LogP contribution in [0.15, 0.2) is 0 Å². The fourth-order valence-electron chi connectivity index (χ4n) is 1.60. The summed E-state index contributed by atoms with van der Waals surface area (Å²) in [5.74, 6) is 1.23. The van der Waals surface area contributed by atoms with Crippen molar-refractivity contribution in [3.05, 3.63) is 0 Å². The van der Waals surface area contributed by atoms with Gasteiger partial charge in [-0.2, -0.15) is 11.8 Å². The van der Waals surface area contributed by atoms with Crippen molar-refractivity contribution >= 4 is 11.8 Å². The van der Waals surface area contributed by atoms with Gasteiger partial charge in [-0.1, -0.05) is 13.8 Å². The smallest absolute Gasteiger partial charge is 0.0436 e. The van der Waals surface area contributed by atoms with E-state index < -0.39 is 0 Å². The summed E-state index contributed by atoms with van der Waals surface area (Å²) in [7, 11) is 0. The first-order valence-electron chi connectivity index (χ1n) is 3.89. The number of hydrogen-bond donors (Lipinski definition) is 1. The average molecular weight is 160 g/mol. The summed E-state index contributed by atoms with van der Waals surface area (Å²) in [6, 6.07) is 0. The fourth-order valence-corrected chi connectivity index (χ4v) is 3.07. The molecule has 60 valence electrons. The predicted octanol–water partition coefficient (Wildman–Crippen LogP) is 1.90. The number of aliphatic hydroxyl groups is 1. The Morgan fingerprint density at radius 3 is 2.80 bits per heavy atom. The first-order valence-corrected chi connectivity index (χ1v) is 4.94. The Balaban J connectivity index is 2.38. The second kappa shape index (κ2) is 3.14. The molecule has 0 aromatic heterocycles. The highest BCUT2D eigenvalue weighted by molar-refractivity contribution is 8.00. The highest BCUT2D eigenvalue weighted by Crippen LogP contribution is 2.42. The van der Waals surface area contributed by atoms with E-state index in [2.05, 4.69) is 13.8 Å². The van der Waals surface area contributed by atoms with Gasteiger partial charge in [-0.25, -0.2) is 0 Å². The molecule has 1 fully saturated rings. The minimum absolute atomic E-state index is 0.351. The second-order valence-electron chi connectivity index (χ2n) is 3.61. The molecule has 0 aliphatic carbocycles. The molecule has 1 heterocycles. The highest BCUT2D eigenvalue weighted by Gasteiger charge is 2.32. The number of thioether (sulfide) groups is 1. The van der Waals surface area contributed by atoms with Crippen molar-refractivity contribution in [2.75, 3.05) is 12.4 Å². The largest absolute Gasteiger partial charge is 0.396 e. The molecule has 2 atom stereocenters. The van der Waals surface area contributed by atoms with Crippen LogP contribution in [0.5, 0.6) is 0 Å². The fraction of sp³-hybridized carbons (Fsp3) is 1.00. The molecular formula is C8H16OS. The average Bonchev–Trinajstić information content (AvgIpc) is 2.12. The summed E-state index contributed by atoms with van der Waals surface area (Å²) in [6.45, 7) is 4.90. The second-order valence-corrected chi connectivity index (χ2v) is 5.04. The van der Waals surface area contributed by atoms with E-state index in [1.54, 1.807) is 0 Å². The Kier molecular flexibility index (Phi) is 2.64. The molecule has 1 aliphatic heterocycles. The predicted molar refractivity (Wildman–Crippen MR) is 46.3 cm³/mol. The normalized spacial score (nSPS) is 40.5. The monoisotopic (exact) mass is 160 g/mol. The van der Waals surface area contributed by atoms with Crippen molar-refractivity contribution in [3.63, 3.8) is 0 Å². The van der Waals surface area contributed by atoms with Gasteiger partial charge in [-0.3, -0.25) is 0 Å². The zero-order valence-corrected chi connectivity index (χ0v) is 7.58. The molecule has 1 saturated heterocycles. The molecule has 0 saturated carbocycles. The lowest BCUT2D eigenvalue weighted by molar-refractivity contribution is 0.212.